The molecule has 0 amide bonds. The van der Waals surface area contributed by atoms with Crippen LogP contribution >= 0.6 is 7.92 Å². The smallest absolute Gasteiger partial charge is 0.416 e. The molecule has 3 nitrogen and oxygen atoms in total. The van der Waals surface area contributed by atoms with E-state index in [1.165, 1.54) is 6.20 Å². The van der Waals surface area contributed by atoms with E-state index >= 15 is 0 Å². The number of pyridine rings is 2. The fourth-order valence-corrected chi connectivity index (χ4v) is 6.03. The molecule has 0 bridgehead atoms. The van der Waals surface area contributed by atoms with Crippen molar-refractivity contribution in [2.75, 3.05) is 7.11 Å². The fourth-order valence-electron chi connectivity index (χ4n) is 4.34. The summed E-state index contributed by atoms with van der Waals surface area (Å²) >= 11 is 0. The average Bonchev–Trinajstić information content (AvgIpc) is 3.11. The summed E-state index contributed by atoms with van der Waals surface area (Å²) in [7, 11) is -0.0681. The molecule has 240 valence electrons. The number of benzene rings is 4. The minimum absolute atomic E-state index is 0.329. The summed E-state index contributed by atoms with van der Waals surface area (Å²) in [5.41, 5.74) is 3.59. The van der Waals surface area contributed by atoms with Crippen LogP contribution in [-0.2, 0) is 6.18 Å². The lowest BCUT2D eigenvalue weighted by molar-refractivity contribution is -0.137. The molecule has 9 heteroatoms. The van der Waals surface area contributed by atoms with Crippen molar-refractivity contribution < 1.29 is 26.7 Å². The van der Waals surface area contributed by atoms with Crippen molar-refractivity contribution in [3.8, 4) is 28.3 Å². The van der Waals surface area contributed by atoms with Crippen LogP contribution in [0.4, 0.5) is 22.0 Å². The van der Waals surface area contributed by atoms with E-state index < -0.39 is 25.8 Å². The van der Waals surface area contributed by atoms with Gasteiger partial charge in [-0.2, -0.15) is 13.2 Å². The first-order valence-corrected chi connectivity index (χ1v) is 15.9. The van der Waals surface area contributed by atoms with Gasteiger partial charge >= 0.3 is 6.18 Å². The average molecular weight is 659 g/mol. The third kappa shape index (κ3) is 10.5. The van der Waals surface area contributed by atoms with Crippen LogP contribution in [0.5, 0.6) is 5.75 Å². The largest absolute Gasteiger partial charge is 0.497 e. The minimum atomic E-state index is -4.33. The van der Waals surface area contributed by atoms with Crippen LogP contribution in [0.15, 0.2) is 152 Å². The van der Waals surface area contributed by atoms with Gasteiger partial charge in [0.25, 0.3) is 6.17 Å². The first kappa shape index (κ1) is 34.9. The number of nitrogens with zero attached hydrogens (tertiary/aromatic N) is 2. The Bertz CT molecular complexity index is 1730. The van der Waals surface area contributed by atoms with Gasteiger partial charge in [0.15, 0.2) is 0 Å². The first-order chi connectivity index (χ1) is 22.7. The SMILES string of the molecule is COc1ccc(P(c2ccc(C)cc2)C(F)F)cc1.FC(F)(F)c1ccnc(-c2ccccc2)c1.c1ccc(-c2ccccn2)cc1. The van der Waals surface area contributed by atoms with Gasteiger partial charge in [0.2, 0.25) is 0 Å². The van der Waals surface area contributed by atoms with Gasteiger partial charge in [-0.3, -0.25) is 9.97 Å². The molecule has 0 fully saturated rings. The lowest BCUT2D eigenvalue weighted by Gasteiger charge is -2.18. The van der Waals surface area contributed by atoms with Crippen LogP contribution in [0.3, 0.4) is 0 Å². The highest BCUT2D eigenvalue weighted by Gasteiger charge is 2.30. The molecule has 0 aliphatic heterocycles. The molecule has 0 N–H and O–H groups in total. The summed E-state index contributed by atoms with van der Waals surface area (Å²) < 4.78 is 69.1. The molecule has 1 unspecified atom stereocenters. The van der Waals surface area contributed by atoms with E-state index in [0.717, 1.165) is 29.0 Å². The normalized spacial score (nSPS) is 11.4. The number of aromatic nitrogens is 2. The maximum absolute atomic E-state index is 13.4. The molecule has 0 aliphatic carbocycles. The summed E-state index contributed by atoms with van der Waals surface area (Å²) in [4.78, 5) is 8.17. The van der Waals surface area contributed by atoms with E-state index in [2.05, 4.69) is 22.1 Å². The van der Waals surface area contributed by atoms with Gasteiger partial charge in [0.1, 0.15) is 5.75 Å². The van der Waals surface area contributed by atoms with E-state index in [9.17, 15) is 22.0 Å². The number of alkyl halides is 5. The molecular formula is C38H32F5N2OP. The summed E-state index contributed by atoms with van der Waals surface area (Å²) in [6.45, 7) is 1.95. The second kappa shape index (κ2) is 17.1. The summed E-state index contributed by atoms with van der Waals surface area (Å²) in [6, 6.07) is 41.1. The molecule has 0 aliphatic rings. The zero-order chi connectivity index (χ0) is 33.6. The predicted molar refractivity (Wildman–Crippen MR) is 181 cm³/mol. The minimum Gasteiger partial charge on any atom is -0.497 e. The van der Waals surface area contributed by atoms with Crippen molar-refractivity contribution in [2.45, 2.75) is 19.3 Å². The van der Waals surface area contributed by atoms with E-state index in [-0.39, 0.29) is 0 Å². The molecule has 6 aromatic rings. The molecule has 2 aromatic heterocycles. The Morgan fingerprint density at radius 3 is 1.60 bits per heavy atom. The maximum atomic E-state index is 13.4. The molecule has 0 saturated carbocycles. The Balaban J connectivity index is 0.000000163. The van der Waals surface area contributed by atoms with Crippen molar-refractivity contribution in [2.24, 2.45) is 0 Å². The Morgan fingerprint density at radius 1 is 0.596 bits per heavy atom. The number of rotatable bonds is 6. The summed E-state index contributed by atoms with van der Waals surface area (Å²) in [6.07, 6.45) is -3.72. The first-order valence-electron chi connectivity index (χ1n) is 14.5. The highest BCUT2D eigenvalue weighted by molar-refractivity contribution is 7.73. The number of aryl methyl sites for hydroxylation is 1. The van der Waals surface area contributed by atoms with Gasteiger partial charge in [0.05, 0.1) is 24.1 Å². The van der Waals surface area contributed by atoms with Crippen molar-refractivity contribution in [3.05, 3.63) is 163 Å². The molecule has 0 radical (unpaired) electrons. The summed E-state index contributed by atoms with van der Waals surface area (Å²) in [5, 5.41) is 1.36. The Morgan fingerprint density at radius 2 is 1.11 bits per heavy atom. The van der Waals surface area contributed by atoms with E-state index in [4.69, 9.17) is 4.74 Å². The van der Waals surface area contributed by atoms with Crippen molar-refractivity contribution in [1.29, 1.82) is 0 Å². The van der Waals surface area contributed by atoms with Gasteiger partial charge in [-0.15, -0.1) is 0 Å². The second-order valence-electron chi connectivity index (χ2n) is 10.1. The van der Waals surface area contributed by atoms with Crippen LogP contribution in [0.25, 0.3) is 22.5 Å². The number of methoxy groups -OCH3 is 1. The van der Waals surface area contributed by atoms with Gasteiger partial charge < -0.3 is 4.74 Å². The second-order valence-corrected chi connectivity index (χ2v) is 12.2. The maximum Gasteiger partial charge on any atom is 0.416 e. The lowest BCUT2D eigenvalue weighted by Crippen LogP contribution is -2.16. The molecule has 2 heterocycles. The Hall–Kier alpha value is -4.94. The highest BCUT2D eigenvalue weighted by Crippen LogP contribution is 2.41. The Labute approximate surface area is 272 Å². The van der Waals surface area contributed by atoms with Crippen molar-refractivity contribution in [1.82, 2.24) is 9.97 Å². The molecule has 0 saturated heterocycles. The van der Waals surface area contributed by atoms with E-state index in [1.807, 2.05) is 61.7 Å². The molecule has 47 heavy (non-hydrogen) atoms. The number of hydrogen-bond acceptors (Lipinski definition) is 3. The van der Waals surface area contributed by atoms with Crippen LogP contribution in [0.1, 0.15) is 11.1 Å². The molecule has 4 aromatic carbocycles. The van der Waals surface area contributed by atoms with Crippen LogP contribution < -0.4 is 15.3 Å². The molecule has 1 atom stereocenters. The van der Waals surface area contributed by atoms with Crippen LogP contribution in [-0.4, -0.2) is 23.2 Å². The molecular weight excluding hydrogens is 626 g/mol. The van der Waals surface area contributed by atoms with E-state index in [1.54, 1.807) is 73.8 Å². The van der Waals surface area contributed by atoms with Gasteiger partial charge in [-0.25, -0.2) is 8.78 Å². The zero-order valence-electron chi connectivity index (χ0n) is 25.7. The summed E-state index contributed by atoms with van der Waals surface area (Å²) in [5.74, 6) is 0.678. The standard InChI is InChI=1S/C15H15F2OP.C12H8F3N.C11H9N/c1-11-3-7-13(8-4-11)19(15(16)17)14-9-5-12(18-2)6-10-14;13-12(14,15)10-6-7-16-11(8-10)9-4-2-1-3-5-9;1-2-6-10(7-3-1)11-8-4-5-9-12-11/h3-10,15H,1-2H3;1-8H;1-9H. The Kier molecular flexibility index (Phi) is 12.7. The number of ether oxygens (including phenoxy) is 1. The lowest BCUT2D eigenvalue weighted by atomic mass is 10.1. The zero-order valence-corrected chi connectivity index (χ0v) is 26.5. The number of hydrogen-bond donors (Lipinski definition) is 0. The van der Waals surface area contributed by atoms with Crippen LogP contribution in [0, 0.1) is 6.92 Å². The molecule has 6 rings (SSSR count). The van der Waals surface area contributed by atoms with Crippen LogP contribution in [0.2, 0.25) is 0 Å². The predicted octanol–water partition coefficient (Wildman–Crippen LogP) is 10.2. The topological polar surface area (TPSA) is 35.0 Å². The quantitative estimate of drug-likeness (QED) is 0.132. The van der Waals surface area contributed by atoms with Crippen molar-refractivity contribution >= 4 is 18.5 Å². The van der Waals surface area contributed by atoms with E-state index in [0.29, 0.717) is 27.6 Å². The van der Waals surface area contributed by atoms with Gasteiger partial charge in [-0.1, -0.05) is 109 Å². The fraction of sp³-hybridized carbons (Fsp3) is 0.105. The van der Waals surface area contributed by atoms with Gasteiger partial charge in [-0.05, 0) is 53.9 Å². The third-order valence-corrected chi connectivity index (χ3v) is 8.85. The monoisotopic (exact) mass is 658 g/mol. The highest BCUT2D eigenvalue weighted by atomic mass is 31.1. The number of halogens is 5. The van der Waals surface area contributed by atoms with Crippen molar-refractivity contribution in [3.63, 3.8) is 0 Å². The van der Waals surface area contributed by atoms with Gasteiger partial charge in [0, 0.05) is 31.4 Å². The molecule has 0 spiro atoms. The third-order valence-electron chi connectivity index (χ3n) is 6.75.